The molecule has 1 aromatic heterocycles. The molecule has 0 aliphatic heterocycles. The van der Waals surface area contributed by atoms with Crippen molar-refractivity contribution in [3.63, 3.8) is 0 Å². The predicted molar refractivity (Wildman–Crippen MR) is 73.3 cm³/mol. The Hall–Kier alpha value is -1.66. The van der Waals surface area contributed by atoms with Crippen molar-refractivity contribution in [2.24, 2.45) is 10.8 Å². The van der Waals surface area contributed by atoms with Crippen LogP contribution < -0.4 is 16.6 Å². The molecular formula is C12H21N5O. The number of anilines is 1. The maximum atomic E-state index is 5.40. The zero-order valence-corrected chi connectivity index (χ0v) is 10.9. The summed E-state index contributed by atoms with van der Waals surface area (Å²) in [5.41, 5.74) is 4.34. The fourth-order valence-electron chi connectivity index (χ4n) is 1.30. The number of ether oxygens (including phenoxy) is 1. The van der Waals surface area contributed by atoms with Crippen molar-refractivity contribution in [3.05, 3.63) is 24.0 Å². The highest BCUT2D eigenvalue weighted by Gasteiger charge is 1.97. The first kappa shape index (κ1) is 14.4. The zero-order valence-electron chi connectivity index (χ0n) is 10.9. The first-order valence-corrected chi connectivity index (χ1v) is 6.04. The molecule has 0 atom stereocenters. The van der Waals surface area contributed by atoms with E-state index in [1.165, 1.54) is 0 Å². The zero-order chi connectivity index (χ0) is 13.2. The highest BCUT2D eigenvalue weighted by atomic mass is 16.5. The molecule has 100 valence electrons. The summed E-state index contributed by atoms with van der Waals surface area (Å²) in [4.78, 5) is 8.47. The third kappa shape index (κ3) is 5.60. The van der Waals surface area contributed by atoms with Crippen LogP contribution in [-0.2, 0) is 4.74 Å². The lowest BCUT2D eigenvalue weighted by molar-refractivity contribution is 0.146. The van der Waals surface area contributed by atoms with Gasteiger partial charge in [0.25, 0.3) is 0 Å². The minimum absolute atomic E-state index is 0.525. The van der Waals surface area contributed by atoms with E-state index >= 15 is 0 Å². The average molecular weight is 251 g/mol. The van der Waals surface area contributed by atoms with Gasteiger partial charge in [-0.05, 0) is 32.4 Å². The van der Waals surface area contributed by atoms with Gasteiger partial charge >= 0.3 is 0 Å². The van der Waals surface area contributed by atoms with Crippen LogP contribution in [-0.4, -0.2) is 30.7 Å². The molecule has 0 saturated carbocycles. The summed E-state index contributed by atoms with van der Waals surface area (Å²) < 4.78 is 5.23. The Morgan fingerprint density at radius 3 is 2.94 bits per heavy atom. The van der Waals surface area contributed by atoms with Gasteiger partial charge in [-0.25, -0.2) is 5.84 Å². The fraction of sp³-hybridized carbons (Fsp3) is 0.500. The molecule has 1 aromatic rings. The fourth-order valence-corrected chi connectivity index (χ4v) is 1.30. The lowest BCUT2D eigenvalue weighted by Crippen LogP contribution is -2.36. The summed E-state index contributed by atoms with van der Waals surface area (Å²) in [5.74, 6) is 5.92. The summed E-state index contributed by atoms with van der Waals surface area (Å²) in [6.45, 7) is 6.02. The van der Waals surface area contributed by atoms with Crippen LogP contribution in [0.4, 0.5) is 5.69 Å². The summed E-state index contributed by atoms with van der Waals surface area (Å²) >= 11 is 0. The topological polar surface area (TPSA) is 84.6 Å². The Morgan fingerprint density at radius 1 is 1.50 bits per heavy atom. The van der Waals surface area contributed by atoms with E-state index in [1.807, 2.05) is 26.0 Å². The monoisotopic (exact) mass is 251 g/mol. The Labute approximate surface area is 108 Å². The van der Waals surface area contributed by atoms with Crippen molar-refractivity contribution in [1.82, 2.24) is 10.4 Å². The van der Waals surface area contributed by atoms with Crippen LogP contribution >= 0.6 is 0 Å². The number of aromatic nitrogens is 1. The molecule has 1 heterocycles. The molecule has 6 nitrogen and oxygen atoms in total. The van der Waals surface area contributed by atoms with Crippen molar-refractivity contribution in [2.45, 2.75) is 20.3 Å². The number of guanidine groups is 1. The third-order valence-corrected chi connectivity index (χ3v) is 2.23. The Kier molecular flexibility index (Phi) is 6.75. The standard InChI is InChI=1S/C12H21N5O/c1-3-18-8-4-7-14-12(17-13)16-11-6-5-10(2)15-9-11/h5-6,9H,3-4,7-8,13H2,1-2H3,(H2,14,16,17). The predicted octanol–water partition coefficient (Wildman–Crippen LogP) is 1.05. The van der Waals surface area contributed by atoms with Crippen LogP contribution in [0.3, 0.4) is 0 Å². The largest absolute Gasteiger partial charge is 0.382 e. The van der Waals surface area contributed by atoms with E-state index in [0.717, 1.165) is 24.4 Å². The van der Waals surface area contributed by atoms with E-state index in [-0.39, 0.29) is 0 Å². The van der Waals surface area contributed by atoms with E-state index in [4.69, 9.17) is 10.6 Å². The van der Waals surface area contributed by atoms with E-state index in [0.29, 0.717) is 19.1 Å². The molecule has 0 amide bonds. The van der Waals surface area contributed by atoms with Gasteiger partial charge in [-0.1, -0.05) is 0 Å². The van der Waals surface area contributed by atoms with E-state index in [2.05, 4.69) is 20.7 Å². The molecule has 4 N–H and O–H groups in total. The molecule has 6 heteroatoms. The van der Waals surface area contributed by atoms with E-state index < -0.39 is 0 Å². The lowest BCUT2D eigenvalue weighted by Gasteiger charge is -2.09. The van der Waals surface area contributed by atoms with Gasteiger partial charge in [0.05, 0.1) is 11.9 Å². The van der Waals surface area contributed by atoms with Crippen molar-refractivity contribution in [2.75, 3.05) is 25.1 Å². The highest BCUT2D eigenvalue weighted by molar-refractivity contribution is 5.92. The Bertz CT molecular complexity index is 363. The number of aryl methyl sites for hydroxylation is 1. The van der Waals surface area contributed by atoms with Crippen LogP contribution in [0.5, 0.6) is 0 Å². The molecular weight excluding hydrogens is 230 g/mol. The normalized spacial score (nSPS) is 11.4. The van der Waals surface area contributed by atoms with Gasteiger partial charge in [-0.2, -0.15) is 0 Å². The van der Waals surface area contributed by atoms with Crippen LogP contribution in [0.25, 0.3) is 0 Å². The quantitative estimate of drug-likeness (QED) is 0.231. The molecule has 0 aliphatic carbocycles. The molecule has 1 rings (SSSR count). The number of nitrogens with one attached hydrogen (secondary N) is 2. The second-order valence-electron chi connectivity index (χ2n) is 3.74. The molecule has 0 aromatic carbocycles. The van der Waals surface area contributed by atoms with Gasteiger partial charge in [0.15, 0.2) is 0 Å². The summed E-state index contributed by atoms with van der Waals surface area (Å²) in [6, 6.07) is 3.85. The summed E-state index contributed by atoms with van der Waals surface area (Å²) in [6.07, 6.45) is 2.61. The van der Waals surface area contributed by atoms with Gasteiger partial charge in [0.2, 0.25) is 5.96 Å². The molecule has 0 unspecified atom stereocenters. The van der Waals surface area contributed by atoms with Crippen LogP contribution in [0.1, 0.15) is 19.0 Å². The summed E-state index contributed by atoms with van der Waals surface area (Å²) in [5, 5.41) is 3.06. The Balaban J connectivity index is 2.40. The van der Waals surface area contributed by atoms with Crippen molar-refractivity contribution >= 4 is 11.6 Å². The first-order valence-electron chi connectivity index (χ1n) is 6.04. The third-order valence-electron chi connectivity index (χ3n) is 2.23. The van der Waals surface area contributed by atoms with E-state index in [9.17, 15) is 0 Å². The molecule has 0 spiro atoms. The molecule has 18 heavy (non-hydrogen) atoms. The maximum absolute atomic E-state index is 5.40. The Morgan fingerprint density at radius 2 is 2.33 bits per heavy atom. The molecule has 0 aliphatic rings. The van der Waals surface area contributed by atoms with E-state index in [1.54, 1.807) is 6.20 Å². The van der Waals surface area contributed by atoms with Crippen molar-refractivity contribution < 1.29 is 4.74 Å². The number of pyridine rings is 1. The van der Waals surface area contributed by atoms with Crippen LogP contribution in [0, 0.1) is 6.92 Å². The molecule has 0 bridgehead atoms. The number of nitrogens with zero attached hydrogens (tertiary/aromatic N) is 2. The number of nitrogens with two attached hydrogens (primary N) is 1. The molecule has 0 radical (unpaired) electrons. The molecule has 0 saturated heterocycles. The maximum Gasteiger partial charge on any atom is 0.210 e. The number of hydrogen-bond donors (Lipinski definition) is 3. The smallest absolute Gasteiger partial charge is 0.210 e. The van der Waals surface area contributed by atoms with Gasteiger partial charge in [0.1, 0.15) is 0 Å². The van der Waals surface area contributed by atoms with Crippen molar-refractivity contribution in [3.8, 4) is 0 Å². The number of hydrogen-bond acceptors (Lipinski definition) is 4. The number of aliphatic imine (C=N–C) groups is 1. The summed E-state index contributed by atoms with van der Waals surface area (Å²) in [7, 11) is 0. The van der Waals surface area contributed by atoms with Gasteiger partial charge in [-0.15, -0.1) is 0 Å². The van der Waals surface area contributed by atoms with Crippen molar-refractivity contribution in [1.29, 1.82) is 0 Å². The molecule has 0 fully saturated rings. The average Bonchev–Trinajstić information content (AvgIpc) is 2.39. The lowest BCUT2D eigenvalue weighted by atomic mass is 10.3. The van der Waals surface area contributed by atoms with Gasteiger partial charge in [-0.3, -0.25) is 15.4 Å². The highest BCUT2D eigenvalue weighted by Crippen LogP contribution is 2.04. The number of rotatable bonds is 6. The van der Waals surface area contributed by atoms with Crippen LogP contribution in [0.15, 0.2) is 23.3 Å². The second kappa shape index (κ2) is 8.43. The minimum Gasteiger partial charge on any atom is -0.382 e. The SMILES string of the molecule is CCOCCCN=C(NN)Nc1ccc(C)nc1. The first-order chi connectivity index (χ1) is 8.76. The van der Waals surface area contributed by atoms with Crippen LogP contribution in [0.2, 0.25) is 0 Å². The number of hydrazine groups is 1. The van der Waals surface area contributed by atoms with Gasteiger partial charge in [0, 0.05) is 25.5 Å². The second-order valence-corrected chi connectivity index (χ2v) is 3.74. The minimum atomic E-state index is 0.525. The van der Waals surface area contributed by atoms with Gasteiger partial charge < -0.3 is 10.1 Å².